The van der Waals surface area contributed by atoms with E-state index in [1.54, 1.807) is 11.3 Å². The van der Waals surface area contributed by atoms with Crippen LogP contribution in [0.25, 0.3) is 0 Å². The molecule has 0 saturated heterocycles. The number of hydrogen-bond acceptors (Lipinski definition) is 5. The van der Waals surface area contributed by atoms with Gasteiger partial charge in [-0.3, -0.25) is 0 Å². The maximum atomic E-state index is 11.6. The van der Waals surface area contributed by atoms with Gasteiger partial charge in [0.05, 0.1) is 0 Å². The van der Waals surface area contributed by atoms with Crippen molar-refractivity contribution >= 4 is 17.4 Å². The Morgan fingerprint density at radius 1 is 1.33 bits per heavy atom. The van der Waals surface area contributed by atoms with Crippen LogP contribution in [0.3, 0.4) is 0 Å². The van der Waals surface area contributed by atoms with Crippen LogP contribution >= 0.6 is 11.3 Å². The predicted molar refractivity (Wildman–Crippen MR) is 81.5 cm³/mol. The molecule has 0 bridgehead atoms. The van der Waals surface area contributed by atoms with Gasteiger partial charge in [-0.25, -0.2) is 4.79 Å². The van der Waals surface area contributed by atoms with Gasteiger partial charge in [0.25, 0.3) is 0 Å². The van der Waals surface area contributed by atoms with Crippen molar-refractivity contribution in [3.05, 3.63) is 34.1 Å². The molecule has 7 heteroatoms. The molecule has 2 rings (SSSR count). The molecule has 0 unspecified atom stereocenters. The Balaban J connectivity index is 1.60. The number of nitrogens with one attached hydrogen (secondary N) is 2. The fourth-order valence-corrected chi connectivity index (χ4v) is 2.41. The highest BCUT2D eigenvalue weighted by molar-refractivity contribution is 7.09. The van der Waals surface area contributed by atoms with Crippen LogP contribution in [-0.4, -0.2) is 29.3 Å². The Hall–Kier alpha value is -1.89. The maximum absolute atomic E-state index is 11.6. The van der Waals surface area contributed by atoms with Crippen molar-refractivity contribution in [1.82, 2.24) is 20.8 Å². The molecule has 0 spiro atoms. The molecule has 0 aliphatic rings. The minimum absolute atomic E-state index is 0.171. The first-order chi connectivity index (χ1) is 10.1. The van der Waals surface area contributed by atoms with Crippen LogP contribution in [0.2, 0.25) is 0 Å². The Labute approximate surface area is 127 Å². The molecule has 0 aliphatic heterocycles. The quantitative estimate of drug-likeness (QED) is 0.822. The van der Waals surface area contributed by atoms with E-state index < -0.39 is 0 Å². The third-order valence-electron chi connectivity index (χ3n) is 2.86. The van der Waals surface area contributed by atoms with Crippen LogP contribution in [0, 0.1) is 0 Å². The largest absolute Gasteiger partial charge is 0.339 e. The van der Waals surface area contributed by atoms with Gasteiger partial charge >= 0.3 is 6.03 Å². The van der Waals surface area contributed by atoms with Crippen LogP contribution in [0.1, 0.15) is 36.4 Å². The highest BCUT2D eigenvalue weighted by atomic mass is 32.1. The molecule has 0 radical (unpaired) electrons. The fraction of sp³-hybridized carbons (Fsp3) is 0.500. The van der Waals surface area contributed by atoms with E-state index in [0.29, 0.717) is 31.2 Å². The number of carbonyl (C=O) groups excluding carboxylic acids is 1. The summed E-state index contributed by atoms with van der Waals surface area (Å²) < 4.78 is 5.11. The third kappa shape index (κ3) is 5.18. The first kappa shape index (κ1) is 15.5. The van der Waals surface area contributed by atoms with Gasteiger partial charge in [-0.2, -0.15) is 4.98 Å². The van der Waals surface area contributed by atoms with Crippen molar-refractivity contribution in [2.75, 3.05) is 13.1 Å². The molecule has 2 heterocycles. The van der Waals surface area contributed by atoms with Gasteiger partial charge in [0.15, 0.2) is 5.82 Å². The van der Waals surface area contributed by atoms with E-state index in [1.807, 2.05) is 25.3 Å². The highest BCUT2D eigenvalue weighted by Crippen LogP contribution is 2.09. The van der Waals surface area contributed by atoms with E-state index in [2.05, 4.69) is 26.8 Å². The van der Waals surface area contributed by atoms with E-state index in [0.717, 1.165) is 6.42 Å². The molecule has 0 fully saturated rings. The molecule has 2 aromatic rings. The molecule has 0 aromatic carbocycles. The molecule has 2 amide bonds. The van der Waals surface area contributed by atoms with Gasteiger partial charge in [-0.15, -0.1) is 11.3 Å². The maximum Gasteiger partial charge on any atom is 0.314 e. The SMILES string of the molecule is CC(C)c1noc(CCNC(=O)NCCc2cccs2)n1. The van der Waals surface area contributed by atoms with E-state index in [1.165, 1.54) is 4.88 Å². The number of nitrogens with zero attached hydrogens (tertiary/aromatic N) is 2. The smallest absolute Gasteiger partial charge is 0.314 e. The van der Waals surface area contributed by atoms with Crippen molar-refractivity contribution in [2.45, 2.75) is 32.6 Å². The molecule has 6 nitrogen and oxygen atoms in total. The summed E-state index contributed by atoms with van der Waals surface area (Å²) in [5, 5.41) is 11.5. The van der Waals surface area contributed by atoms with E-state index in [4.69, 9.17) is 4.52 Å². The van der Waals surface area contributed by atoms with E-state index >= 15 is 0 Å². The number of carbonyl (C=O) groups is 1. The number of hydrogen-bond donors (Lipinski definition) is 2. The van der Waals surface area contributed by atoms with Gasteiger partial charge in [-0.1, -0.05) is 25.1 Å². The summed E-state index contributed by atoms with van der Waals surface area (Å²) in [6, 6.07) is 3.90. The monoisotopic (exact) mass is 308 g/mol. The predicted octanol–water partition coefficient (Wildman–Crippen LogP) is 2.34. The zero-order chi connectivity index (χ0) is 15.1. The number of urea groups is 1. The number of amides is 2. The molecule has 0 aliphatic carbocycles. The topological polar surface area (TPSA) is 80.0 Å². The van der Waals surface area contributed by atoms with Crippen molar-refractivity contribution in [3.63, 3.8) is 0 Å². The van der Waals surface area contributed by atoms with E-state index in [-0.39, 0.29) is 11.9 Å². The van der Waals surface area contributed by atoms with Gasteiger partial charge < -0.3 is 15.2 Å². The molecule has 0 atom stereocenters. The van der Waals surface area contributed by atoms with Crippen LogP contribution in [-0.2, 0) is 12.8 Å². The zero-order valence-corrected chi connectivity index (χ0v) is 13.1. The van der Waals surface area contributed by atoms with Gasteiger partial charge in [0.1, 0.15) is 0 Å². The lowest BCUT2D eigenvalue weighted by molar-refractivity contribution is 0.241. The Bertz CT molecular complexity index is 551. The molecular formula is C14H20N4O2S. The Morgan fingerprint density at radius 3 is 2.71 bits per heavy atom. The first-order valence-corrected chi connectivity index (χ1v) is 7.89. The summed E-state index contributed by atoms with van der Waals surface area (Å²) >= 11 is 1.69. The second-order valence-corrected chi connectivity index (χ2v) is 6.00. The number of thiophene rings is 1. The lowest BCUT2D eigenvalue weighted by Crippen LogP contribution is -2.37. The second-order valence-electron chi connectivity index (χ2n) is 4.96. The summed E-state index contributed by atoms with van der Waals surface area (Å²) in [5.74, 6) is 1.50. The van der Waals surface area contributed by atoms with Crippen LogP contribution in [0.4, 0.5) is 4.79 Å². The normalized spacial score (nSPS) is 10.8. The number of rotatable bonds is 7. The molecule has 2 N–H and O–H groups in total. The first-order valence-electron chi connectivity index (χ1n) is 7.01. The van der Waals surface area contributed by atoms with E-state index in [9.17, 15) is 4.79 Å². The minimum atomic E-state index is -0.171. The average molecular weight is 308 g/mol. The van der Waals surface area contributed by atoms with Crippen molar-refractivity contribution in [3.8, 4) is 0 Å². The molecule has 0 saturated carbocycles. The summed E-state index contributed by atoms with van der Waals surface area (Å²) in [4.78, 5) is 17.1. The standard InChI is InChI=1S/C14H20N4O2S/c1-10(2)13-17-12(20-18-13)6-8-16-14(19)15-7-5-11-4-3-9-21-11/h3-4,9-10H,5-8H2,1-2H3,(H2,15,16,19). The van der Waals surface area contributed by atoms with Crippen LogP contribution < -0.4 is 10.6 Å². The van der Waals surface area contributed by atoms with Crippen LogP contribution in [0.15, 0.2) is 22.0 Å². The third-order valence-corrected chi connectivity index (χ3v) is 3.80. The average Bonchev–Trinajstić information content (AvgIpc) is 3.09. The van der Waals surface area contributed by atoms with Crippen molar-refractivity contribution < 1.29 is 9.32 Å². The fourth-order valence-electron chi connectivity index (χ4n) is 1.70. The molecule has 2 aromatic heterocycles. The molecular weight excluding hydrogens is 288 g/mol. The zero-order valence-electron chi connectivity index (χ0n) is 12.3. The summed E-state index contributed by atoms with van der Waals surface area (Å²) in [7, 11) is 0. The van der Waals surface area contributed by atoms with Crippen molar-refractivity contribution in [2.24, 2.45) is 0 Å². The van der Waals surface area contributed by atoms with Crippen molar-refractivity contribution in [1.29, 1.82) is 0 Å². The Morgan fingerprint density at radius 2 is 2.10 bits per heavy atom. The number of aromatic nitrogens is 2. The van der Waals surface area contributed by atoms with Gasteiger partial charge in [0, 0.05) is 30.3 Å². The minimum Gasteiger partial charge on any atom is -0.339 e. The van der Waals surface area contributed by atoms with Gasteiger partial charge in [0.2, 0.25) is 5.89 Å². The molecule has 21 heavy (non-hydrogen) atoms. The second kappa shape index (κ2) is 7.78. The summed E-state index contributed by atoms with van der Waals surface area (Å²) in [6.07, 6.45) is 1.39. The summed E-state index contributed by atoms with van der Waals surface area (Å²) in [5.41, 5.74) is 0. The Kier molecular flexibility index (Phi) is 5.74. The molecule has 114 valence electrons. The summed E-state index contributed by atoms with van der Waals surface area (Å²) in [6.45, 7) is 5.12. The lowest BCUT2D eigenvalue weighted by atomic mass is 10.2. The lowest BCUT2D eigenvalue weighted by Gasteiger charge is -2.05. The highest BCUT2D eigenvalue weighted by Gasteiger charge is 2.09. The van der Waals surface area contributed by atoms with Gasteiger partial charge in [-0.05, 0) is 17.9 Å². The van der Waals surface area contributed by atoms with Crippen LogP contribution in [0.5, 0.6) is 0 Å².